The fourth-order valence-corrected chi connectivity index (χ4v) is 14.2. The Bertz CT molecular complexity index is 268. The molecule has 6 nitrogen and oxygen atoms in total. The SMILES string of the molecule is C[Si](C)(C)O[Si](OP(O)O)(O[Si](C)(C)C)O[Si](C)(C)C. The summed E-state index contributed by atoms with van der Waals surface area (Å²) in [6.45, 7) is 18.0. The second kappa shape index (κ2) is 7.09. The molecule has 0 radical (unpaired) electrons. The van der Waals surface area contributed by atoms with Crippen LogP contribution in [0, 0.1) is 0 Å². The van der Waals surface area contributed by atoms with E-state index in [1.807, 2.05) is 58.9 Å². The van der Waals surface area contributed by atoms with E-state index in [0.29, 0.717) is 0 Å². The molecule has 0 heterocycles. The summed E-state index contributed by atoms with van der Waals surface area (Å²) in [5.41, 5.74) is 0. The summed E-state index contributed by atoms with van der Waals surface area (Å²) >= 11 is 0. The maximum Gasteiger partial charge on any atom is 0.654 e. The molecule has 0 aliphatic heterocycles. The number of hydrogen-bond donors (Lipinski definition) is 2. The van der Waals surface area contributed by atoms with E-state index in [1.165, 1.54) is 0 Å². The summed E-state index contributed by atoms with van der Waals surface area (Å²) in [6.07, 6.45) is 0. The van der Waals surface area contributed by atoms with Crippen molar-refractivity contribution in [1.82, 2.24) is 0 Å². The smallest absolute Gasteiger partial charge is 0.395 e. The van der Waals surface area contributed by atoms with Crippen molar-refractivity contribution in [3.05, 3.63) is 0 Å². The Hall–Kier alpha value is 1.06. The van der Waals surface area contributed by atoms with E-state index >= 15 is 0 Å². The second-order valence-electron chi connectivity index (χ2n) is 7.49. The van der Waals surface area contributed by atoms with Gasteiger partial charge in [0.25, 0.3) is 0 Å². The van der Waals surface area contributed by atoms with Gasteiger partial charge < -0.3 is 22.1 Å². The molecule has 0 unspecified atom stereocenters. The van der Waals surface area contributed by atoms with Gasteiger partial charge in [-0.25, -0.2) is 0 Å². The monoisotopic (exact) mass is 376 g/mol. The zero-order chi connectivity index (χ0) is 16.4. The lowest BCUT2D eigenvalue weighted by molar-refractivity contribution is 0.142. The van der Waals surface area contributed by atoms with Gasteiger partial charge in [-0.3, -0.25) is 4.21 Å². The first kappa shape index (κ1) is 21.1. The molecule has 0 atom stereocenters. The standard InChI is InChI=1S/C9H29O6PSi4/c1-17(2,3)13-20(12-16(10)11,14-18(4,5)6)15-19(7,8)9/h10-11H,1-9H3. The van der Waals surface area contributed by atoms with E-state index in [2.05, 4.69) is 0 Å². The van der Waals surface area contributed by atoms with Gasteiger partial charge in [0.2, 0.25) is 0 Å². The molecule has 0 fully saturated rings. The summed E-state index contributed by atoms with van der Waals surface area (Å²) in [5.74, 6) is 0. The van der Waals surface area contributed by atoms with Gasteiger partial charge in [0.15, 0.2) is 25.0 Å². The van der Waals surface area contributed by atoms with E-state index in [1.54, 1.807) is 0 Å². The summed E-state index contributed by atoms with van der Waals surface area (Å²) in [4.78, 5) is 18.6. The fourth-order valence-electron chi connectivity index (χ4n) is 1.34. The molecule has 0 spiro atoms. The zero-order valence-electron chi connectivity index (χ0n) is 14.0. The van der Waals surface area contributed by atoms with Gasteiger partial charge in [-0.15, -0.1) is 0 Å². The van der Waals surface area contributed by atoms with Crippen LogP contribution in [-0.2, 0) is 16.6 Å². The zero-order valence-corrected chi connectivity index (χ0v) is 18.9. The highest BCUT2D eigenvalue weighted by atomic mass is 31.2. The van der Waals surface area contributed by atoms with Crippen molar-refractivity contribution in [2.45, 2.75) is 58.9 Å². The molecular weight excluding hydrogens is 347 g/mol. The molecule has 20 heavy (non-hydrogen) atoms. The highest BCUT2D eigenvalue weighted by molar-refractivity contribution is 7.41. The van der Waals surface area contributed by atoms with Crippen LogP contribution >= 0.6 is 8.60 Å². The minimum Gasteiger partial charge on any atom is -0.395 e. The fraction of sp³-hybridized carbons (Fsp3) is 1.00. The lowest BCUT2D eigenvalue weighted by Crippen LogP contribution is -2.61. The molecule has 0 aliphatic rings. The van der Waals surface area contributed by atoms with Crippen molar-refractivity contribution in [2.75, 3.05) is 0 Å². The van der Waals surface area contributed by atoms with Crippen molar-refractivity contribution in [3.63, 3.8) is 0 Å². The molecule has 0 aromatic heterocycles. The van der Waals surface area contributed by atoms with E-state index < -0.39 is 42.6 Å². The Labute approximate surface area is 128 Å². The Morgan fingerprint density at radius 2 is 0.850 bits per heavy atom. The Kier molecular flexibility index (Phi) is 7.46. The largest absolute Gasteiger partial charge is 0.654 e. The normalized spacial score (nSPS) is 15.0. The third-order valence-electron chi connectivity index (χ3n) is 1.49. The lowest BCUT2D eigenvalue weighted by Gasteiger charge is -2.40. The maximum atomic E-state index is 9.32. The average Bonchev–Trinajstić information content (AvgIpc) is 1.86. The van der Waals surface area contributed by atoms with Gasteiger partial charge >= 0.3 is 17.7 Å². The van der Waals surface area contributed by atoms with Crippen molar-refractivity contribution >= 4 is 42.6 Å². The van der Waals surface area contributed by atoms with E-state index in [9.17, 15) is 9.79 Å². The number of rotatable bonds is 8. The van der Waals surface area contributed by atoms with Crippen molar-refractivity contribution < 1.29 is 26.3 Å². The van der Waals surface area contributed by atoms with Crippen LogP contribution in [0.25, 0.3) is 0 Å². The summed E-state index contributed by atoms with van der Waals surface area (Å²) in [5, 5.41) is 0. The molecule has 0 saturated carbocycles. The van der Waals surface area contributed by atoms with E-state index in [-0.39, 0.29) is 0 Å². The first-order chi connectivity index (χ1) is 8.54. The molecule has 0 saturated heterocycles. The van der Waals surface area contributed by atoms with Gasteiger partial charge in [0, 0.05) is 0 Å². The van der Waals surface area contributed by atoms with Crippen LogP contribution in [0.15, 0.2) is 0 Å². The first-order valence-corrected chi connectivity index (χ1v) is 19.5. The van der Waals surface area contributed by atoms with Crippen LogP contribution in [-0.4, -0.2) is 43.8 Å². The van der Waals surface area contributed by atoms with Crippen LogP contribution in [0.5, 0.6) is 0 Å². The molecule has 11 heteroatoms. The van der Waals surface area contributed by atoms with Crippen LogP contribution in [0.2, 0.25) is 58.9 Å². The van der Waals surface area contributed by atoms with Gasteiger partial charge in [-0.1, -0.05) is 0 Å². The average molecular weight is 377 g/mol. The molecular formula is C9H29O6PSi4. The van der Waals surface area contributed by atoms with Crippen molar-refractivity contribution in [3.8, 4) is 0 Å². The number of hydrogen-bond acceptors (Lipinski definition) is 6. The van der Waals surface area contributed by atoms with Crippen LogP contribution < -0.4 is 0 Å². The third-order valence-corrected chi connectivity index (χ3v) is 13.4. The molecule has 0 aliphatic carbocycles. The van der Waals surface area contributed by atoms with Crippen LogP contribution in [0.3, 0.4) is 0 Å². The molecule has 0 bridgehead atoms. The summed E-state index contributed by atoms with van der Waals surface area (Å²) in [7, 11) is -12.3. The first-order valence-electron chi connectivity index (χ1n) is 6.51. The second-order valence-corrected chi connectivity index (χ2v) is 24.8. The summed E-state index contributed by atoms with van der Waals surface area (Å²) in [6, 6.07) is 0. The Morgan fingerprint density at radius 3 is 1.00 bits per heavy atom. The minimum absolute atomic E-state index is 2.00. The van der Waals surface area contributed by atoms with Crippen molar-refractivity contribution in [1.29, 1.82) is 0 Å². The quantitative estimate of drug-likeness (QED) is 0.500. The molecule has 0 aromatic rings. The molecule has 122 valence electrons. The van der Waals surface area contributed by atoms with Crippen molar-refractivity contribution in [2.24, 2.45) is 0 Å². The van der Waals surface area contributed by atoms with Crippen LogP contribution in [0.1, 0.15) is 0 Å². The van der Waals surface area contributed by atoms with E-state index in [0.717, 1.165) is 0 Å². The predicted molar refractivity (Wildman–Crippen MR) is 91.5 cm³/mol. The lowest BCUT2D eigenvalue weighted by atomic mass is 11.8. The van der Waals surface area contributed by atoms with Gasteiger partial charge in [0.1, 0.15) is 0 Å². The van der Waals surface area contributed by atoms with Gasteiger partial charge in [0.05, 0.1) is 0 Å². The van der Waals surface area contributed by atoms with E-state index in [4.69, 9.17) is 16.6 Å². The Balaban J connectivity index is 5.50. The van der Waals surface area contributed by atoms with Gasteiger partial charge in [-0.2, -0.15) is 0 Å². The highest BCUT2D eigenvalue weighted by Crippen LogP contribution is 2.36. The summed E-state index contributed by atoms with van der Waals surface area (Å²) < 4.78 is 23.5. The molecule has 0 aromatic carbocycles. The molecule has 2 N–H and O–H groups in total. The minimum atomic E-state index is -3.55. The van der Waals surface area contributed by atoms with Gasteiger partial charge in [-0.05, 0) is 58.9 Å². The third kappa shape index (κ3) is 10.7. The Morgan fingerprint density at radius 1 is 0.600 bits per heavy atom. The maximum absolute atomic E-state index is 9.32. The topological polar surface area (TPSA) is 77.4 Å². The molecule has 0 amide bonds. The highest BCUT2D eigenvalue weighted by Gasteiger charge is 2.55. The van der Waals surface area contributed by atoms with Crippen LogP contribution in [0.4, 0.5) is 0 Å². The molecule has 0 rings (SSSR count). The predicted octanol–water partition coefficient (Wildman–Crippen LogP) is 3.20.